The fraction of sp³-hybridized carbons (Fsp3) is 0.400. The second-order valence-corrected chi connectivity index (χ2v) is 6.95. The second-order valence-electron chi connectivity index (χ2n) is 6.95. The van der Waals surface area contributed by atoms with Crippen LogP contribution in [-0.4, -0.2) is 27.1 Å². The molecule has 1 saturated carbocycles. The number of nitrogens with zero attached hydrogens (tertiary/aromatic N) is 2. The van der Waals surface area contributed by atoms with Gasteiger partial charge in [-0.05, 0) is 61.9 Å². The molecule has 0 radical (unpaired) electrons. The second kappa shape index (κ2) is 6.39. The number of phenols is 1. The van der Waals surface area contributed by atoms with Crippen molar-refractivity contribution in [2.45, 2.75) is 50.7 Å². The summed E-state index contributed by atoms with van der Waals surface area (Å²) >= 11 is 0. The lowest BCUT2D eigenvalue weighted by Gasteiger charge is -2.30. The lowest BCUT2D eigenvalue weighted by molar-refractivity contribution is 0.170. The van der Waals surface area contributed by atoms with Crippen LogP contribution in [0.25, 0.3) is 0 Å². The lowest BCUT2D eigenvalue weighted by atomic mass is 10.1. The van der Waals surface area contributed by atoms with E-state index in [0.29, 0.717) is 11.8 Å². The topological polar surface area (TPSA) is 65.5 Å². The minimum atomic E-state index is -0.0567. The van der Waals surface area contributed by atoms with Gasteiger partial charge in [0.2, 0.25) is 0 Å². The van der Waals surface area contributed by atoms with Gasteiger partial charge in [0, 0.05) is 12.2 Å². The zero-order valence-corrected chi connectivity index (χ0v) is 14.4. The number of urea groups is 1. The quantitative estimate of drug-likeness (QED) is 0.894. The van der Waals surface area contributed by atoms with E-state index in [0.717, 1.165) is 42.5 Å². The first kappa shape index (κ1) is 15.9. The van der Waals surface area contributed by atoms with E-state index in [9.17, 15) is 9.90 Å². The fourth-order valence-electron chi connectivity index (χ4n) is 3.78. The van der Waals surface area contributed by atoms with Crippen molar-refractivity contribution >= 4 is 6.03 Å². The number of amides is 2. The molecule has 130 valence electrons. The van der Waals surface area contributed by atoms with Gasteiger partial charge in [0.05, 0.1) is 17.8 Å². The molecule has 25 heavy (non-hydrogen) atoms. The summed E-state index contributed by atoms with van der Waals surface area (Å²) < 4.78 is 0. The van der Waals surface area contributed by atoms with Gasteiger partial charge in [-0.3, -0.25) is 4.98 Å². The molecule has 2 aliphatic carbocycles. The van der Waals surface area contributed by atoms with E-state index in [1.807, 2.05) is 42.2 Å². The predicted octanol–water partition coefficient (Wildman–Crippen LogP) is 3.71. The van der Waals surface area contributed by atoms with Crippen molar-refractivity contribution in [1.82, 2.24) is 15.2 Å². The molecule has 4 rings (SSSR count). The molecule has 5 heteroatoms. The monoisotopic (exact) mass is 337 g/mol. The van der Waals surface area contributed by atoms with E-state index in [1.165, 1.54) is 0 Å². The van der Waals surface area contributed by atoms with Crippen molar-refractivity contribution in [2.24, 2.45) is 0 Å². The van der Waals surface area contributed by atoms with E-state index in [2.05, 4.69) is 10.3 Å². The Hall–Kier alpha value is -2.56. The summed E-state index contributed by atoms with van der Waals surface area (Å²) in [7, 11) is 0. The van der Waals surface area contributed by atoms with Crippen LogP contribution in [0.3, 0.4) is 0 Å². The summed E-state index contributed by atoms with van der Waals surface area (Å²) in [5.74, 6) is 0.329. The first-order valence-corrected chi connectivity index (χ1v) is 8.95. The van der Waals surface area contributed by atoms with Crippen LogP contribution in [0, 0.1) is 0 Å². The zero-order valence-electron chi connectivity index (χ0n) is 14.4. The highest BCUT2D eigenvalue weighted by atomic mass is 16.3. The number of aromatic nitrogens is 1. The number of pyridine rings is 1. The average Bonchev–Trinajstić information content (AvgIpc) is 3.37. The number of benzene rings is 1. The van der Waals surface area contributed by atoms with Crippen LogP contribution in [0.15, 0.2) is 42.6 Å². The number of phenolic OH excluding ortho intramolecular Hbond substituents is 1. The Balaban J connectivity index is 1.53. The van der Waals surface area contributed by atoms with Crippen LogP contribution in [0.5, 0.6) is 5.75 Å². The van der Waals surface area contributed by atoms with Crippen molar-refractivity contribution in [3.05, 3.63) is 59.4 Å². The van der Waals surface area contributed by atoms with E-state index in [-0.39, 0.29) is 18.1 Å². The SMILES string of the molecule is C[C@H](c1ccccn1)N(C(=O)N[C@H]1CCc2c(O)cccc21)C1CC1. The molecule has 1 fully saturated rings. The molecule has 0 aliphatic heterocycles. The van der Waals surface area contributed by atoms with Gasteiger partial charge in [-0.25, -0.2) is 4.79 Å². The van der Waals surface area contributed by atoms with Crippen LogP contribution < -0.4 is 5.32 Å². The summed E-state index contributed by atoms with van der Waals surface area (Å²) in [6, 6.07) is 11.5. The normalized spacial score (nSPS) is 20.0. The van der Waals surface area contributed by atoms with Crippen molar-refractivity contribution in [3.63, 3.8) is 0 Å². The van der Waals surface area contributed by atoms with Gasteiger partial charge >= 0.3 is 6.03 Å². The Morgan fingerprint density at radius 1 is 1.24 bits per heavy atom. The van der Waals surface area contributed by atoms with Crippen LogP contribution in [0.2, 0.25) is 0 Å². The lowest BCUT2D eigenvalue weighted by Crippen LogP contribution is -2.44. The number of fused-ring (bicyclic) bond motifs is 1. The first-order chi connectivity index (χ1) is 12.1. The van der Waals surface area contributed by atoms with Gasteiger partial charge in [0.1, 0.15) is 5.75 Å². The van der Waals surface area contributed by atoms with Crippen LogP contribution >= 0.6 is 0 Å². The molecule has 1 aromatic carbocycles. The summed E-state index contributed by atoms with van der Waals surface area (Å²) in [5.41, 5.74) is 2.91. The number of carbonyl (C=O) groups is 1. The largest absolute Gasteiger partial charge is 0.508 e. The Kier molecular flexibility index (Phi) is 4.07. The molecule has 1 heterocycles. The number of nitrogens with one attached hydrogen (secondary N) is 1. The molecule has 2 amide bonds. The minimum Gasteiger partial charge on any atom is -0.508 e. The van der Waals surface area contributed by atoms with Crippen LogP contribution in [0.4, 0.5) is 4.79 Å². The Bertz CT molecular complexity index is 774. The molecule has 0 spiro atoms. The van der Waals surface area contributed by atoms with E-state index in [1.54, 1.807) is 12.3 Å². The molecular formula is C20H23N3O2. The Morgan fingerprint density at radius 2 is 2.08 bits per heavy atom. The number of aromatic hydroxyl groups is 1. The smallest absolute Gasteiger partial charge is 0.318 e. The average molecular weight is 337 g/mol. The van der Waals surface area contributed by atoms with E-state index >= 15 is 0 Å². The molecule has 5 nitrogen and oxygen atoms in total. The minimum absolute atomic E-state index is 0.0354. The van der Waals surface area contributed by atoms with Gasteiger partial charge in [0.15, 0.2) is 0 Å². The van der Waals surface area contributed by atoms with E-state index in [4.69, 9.17) is 0 Å². The highest BCUT2D eigenvalue weighted by molar-refractivity contribution is 5.76. The van der Waals surface area contributed by atoms with Gasteiger partial charge in [-0.1, -0.05) is 18.2 Å². The fourth-order valence-corrected chi connectivity index (χ4v) is 3.78. The molecule has 2 N–H and O–H groups in total. The number of hydrogen-bond donors (Lipinski definition) is 2. The molecule has 0 saturated heterocycles. The summed E-state index contributed by atoms with van der Waals surface area (Å²) in [6.45, 7) is 2.04. The van der Waals surface area contributed by atoms with Gasteiger partial charge in [-0.2, -0.15) is 0 Å². The molecule has 2 aliphatic rings. The maximum absolute atomic E-state index is 13.0. The third-order valence-corrected chi connectivity index (χ3v) is 5.25. The van der Waals surface area contributed by atoms with Crippen molar-refractivity contribution in [3.8, 4) is 5.75 Å². The molecule has 2 atom stereocenters. The molecular weight excluding hydrogens is 314 g/mol. The molecule has 0 bridgehead atoms. The van der Waals surface area contributed by atoms with Crippen LogP contribution in [-0.2, 0) is 6.42 Å². The van der Waals surface area contributed by atoms with Gasteiger partial charge in [0.25, 0.3) is 0 Å². The zero-order chi connectivity index (χ0) is 17.4. The summed E-state index contributed by atoms with van der Waals surface area (Å²) in [5, 5.41) is 13.2. The van der Waals surface area contributed by atoms with Crippen LogP contribution in [0.1, 0.15) is 55.1 Å². The molecule has 0 unspecified atom stereocenters. The molecule has 2 aromatic rings. The number of carbonyl (C=O) groups excluding carboxylic acids is 1. The predicted molar refractivity (Wildman–Crippen MR) is 95.2 cm³/mol. The number of rotatable bonds is 4. The van der Waals surface area contributed by atoms with Gasteiger partial charge in [-0.15, -0.1) is 0 Å². The standard InChI is InChI=1S/C20H23N3O2/c1-13(17-6-2-3-12-21-17)23(14-8-9-14)20(25)22-18-11-10-16-15(18)5-4-7-19(16)24/h2-7,12-14,18,24H,8-11H2,1H3,(H,22,25)/t13-,18+/m1/s1. The van der Waals surface area contributed by atoms with E-state index < -0.39 is 0 Å². The maximum atomic E-state index is 13.0. The van der Waals surface area contributed by atoms with Crippen molar-refractivity contribution in [2.75, 3.05) is 0 Å². The molecule has 1 aromatic heterocycles. The van der Waals surface area contributed by atoms with Crippen molar-refractivity contribution < 1.29 is 9.90 Å². The highest BCUT2D eigenvalue weighted by Gasteiger charge is 2.38. The Morgan fingerprint density at radius 3 is 2.80 bits per heavy atom. The highest BCUT2D eigenvalue weighted by Crippen LogP contribution is 2.38. The third-order valence-electron chi connectivity index (χ3n) is 5.25. The summed E-state index contributed by atoms with van der Waals surface area (Å²) in [6.07, 6.45) is 5.49. The number of hydrogen-bond acceptors (Lipinski definition) is 3. The maximum Gasteiger partial charge on any atom is 0.318 e. The third kappa shape index (κ3) is 3.06. The Labute approximate surface area is 147 Å². The summed E-state index contributed by atoms with van der Waals surface area (Å²) in [4.78, 5) is 19.4. The first-order valence-electron chi connectivity index (χ1n) is 8.95. The van der Waals surface area contributed by atoms with Crippen molar-refractivity contribution in [1.29, 1.82) is 0 Å². The van der Waals surface area contributed by atoms with Gasteiger partial charge < -0.3 is 15.3 Å².